The minimum absolute atomic E-state index is 0.0350. The van der Waals surface area contributed by atoms with E-state index in [0.29, 0.717) is 39.5 Å². The zero-order chi connectivity index (χ0) is 24.7. The summed E-state index contributed by atoms with van der Waals surface area (Å²) in [5.41, 5.74) is 2.03. The third-order valence-electron chi connectivity index (χ3n) is 5.69. The summed E-state index contributed by atoms with van der Waals surface area (Å²) >= 11 is 8.90. The molecule has 182 valence electrons. The maximum atomic E-state index is 12.9. The van der Waals surface area contributed by atoms with Gasteiger partial charge in [0.05, 0.1) is 28.9 Å². The first kappa shape index (κ1) is 24.5. The standard InChI is InChI=1S/C19H23ClN8O4S2/c1-8(5-27-10(3)12(20)9(2)23-27)15(29)21-13-16(30)28-14(18(31)32)11(6-33-17(13)28)7-34-19-22-24-25-26(19)4/h8,13,17H,5-7H2,1-4H3,(H,21,29)(H,31,32)/t8-,13-,17-/m1/s1. The van der Waals surface area contributed by atoms with Crippen molar-refractivity contribution in [3.8, 4) is 0 Å². The van der Waals surface area contributed by atoms with Crippen LogP contribution in [0.1, 0.15) is 18.3 Å². The molecule has 0 radical (unpaired) electrons. The lowest BCUT2D eigenvalue weighted by Gasteiger charge is -2.49. The van der Waals surface area contributed by atoms with Crippen LogP contribution in [0.5, 0.6) is 0 Å². The number of amides is 2. The van der Waals surface area contributed by atoms with Gasteiger partial charge in [-0.1, -0.05) is 30.3 Å². The monoisotopic (exact) mass is 526 g/mol. The summed E-state index contributed by atoms with van der Waals surface area (Å²) in [5.74, 6) is -1.64. The second kappa shape index (κ2) is 9.58. The summed E-state index contributed by atoms with van der Waals surface area (Å²) in [6, 6.07) is -0.782. The third-order valence-corrected chi connectivity index (χ3v) is 8.68. The molecule has 2 aromatic rings. The molecule has 0 unspecified atom stereocenters. The van der Waals surface area contributed by atoms with Crippen molar-refractivity contribution in [2.45, 2.75) is 43.9 Å². The summed E-state index contributed by atoms with van der Waals surface area (Å²) in [6.45, 7) is 5.68. The number of aromatic nitrogens is 6. The Bertz CT molecular complexity index is 1200. The average molecular weight is 527 g/mol. The van der Waals surface area contributed by atoms with Crippen LogP contribution in [0.3, 0.4) is 0 Å². The molecule has 4 rings (SSSR count). The number of hydrogen-bond acceptors (Lipinski definition) is 9. The quantitative estimate of drug-likeness (QED) is 0.374. The zero-order valence-electron chi connectivity index (χ0n) is 18.9. The van der Waals surface area contributed by atoms with Crippen molar-refractivity contribution in [3.05, 3.63) is 27.7 Å². The van der Waals surface area contributed by atoms with E-state index in [2.05, 4.69) is 25.9 Å². The lowest BCUT2D eigenvalue weighted by atomic mass is 10.0. The van der Waals surface area contributed by atoms with E-state index in [-0.39, 0.29) is 11.6 Å². The number of aliphatic carboxylic acids is 1. The van der Waals surface area contributed by atoms with Gasteiger partial charge in [0.1, 0.15) is 17.1 Å². The van der Waals surface area contributed by atoms with Gasteiger partial charge in [-0.15, -0.1) is 16.9 Å². The first-order valence-corrected chi connectivity index (χ1v) is 12.8. The maximum Gasteiger partial charge on any atom is 0.352 e. The highest BCUT2D eigenvalue weighted by molar-refractivity contribution is 8.01. The number of nitrogens with one attached hydrogen (secondary N) is 1. The van der Waals surface area contributed by atoms with Crippen molar-refractivity contribution < 1.29 is 19.5 Å². The number of aryl methyl sites for hydroxylation is 2. The van der Waals surface area contributed by atoms with E-state index in [4.69, 9.17) is 11.6 Å². The number of thioether (sulfide) groups is 2. The molecule has 4 heterocycles. The first-order chi connectivity index (χ1) is 16.1. The van der Waals surface area contributed by atoms with E-state index < -0.39 is 29.2 Å². The number of carboxylic acids is 1. The molecule has 15 heteroatoms. The Labute approximate surface area is 208 Å². The van der Waals surface area contributed by atoms with Gasteiger partial charge in [0.25, 0.3) is 5.91 Å². The molecule has 2 amide bonds. The van der Waals surface area contributed by atoms with Crippen LogP contribution in [0, 0.1) is 19.8 Å². The van der Waals surface area contributed by atoms with Crippen molar-refractivity contribution >= 4 is 52.9 Å². The minimum atomic E-state index is -1.18. The van der Waals surface area contributed by atoms with E-state index in [1.54, 1.807) is 25.6 Å². The smallest absolute Gasteiger partial charge is 0.352 e. The van der Waals surface area contributed by atoms with Crippen LogP contribution in [0.4, 0.5) is 0 Å². The molecule has 2 N–H and O–H groups in total. The van der Waals surface area contributed by atoms with Crippen LogP contribution >= 0.6 is 35.1 Å². The Balaban J connectivity index is 1.42. The lowest BCUT2D eigenvalue weighted by Crippen LogP contribution is -2.71. The number of carbonyl (C=O) groups is 3. The third kappa shape index (κ3) is 4.41. The van der Waals surface area contributed by atoms with E-state index in [1.165, 1.54) is 33.1 Å². The minimum Gasteiger partial charge on any atom is -0.477 e. The van der Waals surface area contributed by atoms with Gasteiger partial charge in [0.2, 0.25) is 11.1 Å². The van der Waals surface area contributed by atoms with Crippen LogP contribution in [0.15, 0.2) is 16.4 Å². The summed E-state index contributed by atoms with van der Waals surface area (Å²) in [7, 11) is 1.69. The first-order valence-electron chi connectivity index (χ1n) is 10.3. The highest BCUT2D eigenvalue weighted by atomic mass is 35.5. The Morgan fingerprint density at radius 3 is 2.71 bits per heavy atom. The molecule has 1 saturated heterocycles. The molecule has 0 aromatic carbocycles. The van der Waals surface area contributed by atoms with Gasteiger partial charge in [-0.25, -0.2) is 9.48 Å². The highest BCUT2D eigenvalue weighted by Gasteiger charge is 2.54. The summed E-state index contributed by atoms with van der Waals surface area (Å²) in [4.78, 5) is 39.0. The predicted molar refractivity (Wildman–Crippen MR) is 125 cm³/mol. The molecule has 12 nitrogen and oxygen atoms in total. The second-order valence-electron chi connectivity index (χ2n) is 8.10. The van der Waals surface area contributed by atoms with Gasteiger partial charge < -0.3 is 10.4 Å². The van der Waals surface area contributed by atoms with Crippen LogP contribution < -0.4 is 5.32 Å². The van der Waals surface area contributed by atoms with Gasteiger partial charge in [-0.3, -0.25) is 19.2 Å². The van der Waals surface area contributed by atoms with Crippen molar-refractivity contribution in [1.29, 1.82) is 0 Å². The van der Waals surface area contributed by atoms with E-state index in [1.807, 2.05) is 6.92 Å². The van der Waals surface area contributed by atoms with Crippen LogP contribution in [-0.2, 0) is 28.0 Å². The molecule has 0 aliphatic carbocycles. The number of tetrazole rings is 1. The molecule has 2 aliphatic rings. The Kier molecular flexibility index (Phi) is 6.92. The molecule has 2 aromatic heterocycles. The van der Waals surface area contributed by atoms with E-state index in [0.717, 1.165) is 5.69 Å². The largest absolute Gasteiger partial charge is 0.477 e. The van der Waals surface area contributed by atoms with Gasteiger partial charge >= 0.3 is 5.97 Å². The summed E-state index contributed by atoms with van der Waals surface area (Å²) in [5, 5.41) is 28.8. The Hall–Kier alpha value is -2.58. The summed E-state index contributed by atoms with van der Waals surface area (Å²) < 4.78 is 3.17. The number of fused-ring (bicyclic) bond motifs is 1. The molecule has 0 saturated carbocycles. The Morgan fingerprint density at radius 1 is 1.38 bits per heavy atom. The number of rotatable bonds is 8. The molecular weight excluding hydrogens is 504 g/mol. The number of carboxylic acid groups (broad SMARTS) is 1. The number of hydrogen-bond donors (Lipinski definition) is 2. The Morgan fingerprint density at radius 2 is 2.12 bits per heavy atom. The van der Waals surface area contributed by atoms with E-state index in [9.17, 15) is 19.5 Å². The van der Waals surface area contributed by atoms with Crippen molar-refractivity contribution in [1.82, 2.24) is 40.2 Å². The normalized spacial score (nSPS) is 20.7. The number of carbonyl (C=O) groups excluding carboxylic acids is 2. The van der Waals surface area contributed by atoms with Gasteiger partial charge in [0.15, 0.2) is 0 Å². The SMILES string of the molecule is Cc1nn(C[C@@H](C)C(=O)N[C@@H]2C(=O)N3C(C(=O)O)=C(CSc4nnnn4C)CS[C@H]23)c(C)c1Cl. The van der Waals surface area contributed by atoms with Gasteiger partial charge in [-0.2, -0.15) is 5.10 Å². The topological polar surface area (TPSA) is 148 Å². The van der Waals surface area contributed by atoms with Gasteiger partial charge in [0, 0.05) is 18.6 Å². The number of halogens is 1. The zero-order valence-corrected chi connectivity index (χ0v) is 21.2. The predicted octanol–water partition coefficient (Wildman–Crippen LogP) is 0.844. The molecule has 2 aliphatic heterocycles. The van der Waals surface area contributed by atoms with E-state index >= 15 is 0 Å². The highest BCUT2D eigenvalue weighted by Crippen LogP contribution is 2.41. The van der Waals surface area contributed by atoms with Crippen molar-refractivity contribution in [3.63, 3.8) is 0 Å². The fraction of sp³-hybridized carbons (Fsp3) is 0.526. The fourth-order valence-corrected chi connectivity index (χ4v) is 6.25. The van der Waals surface area contributed by atoms with Crippen LogP contribution in [-0.4, -0.2) is 80.7 Å². The average Bonchev–Trinajstić information content (AvgIpc) is 3.32. The molecular formula is C19H23ClN8O4S2. The number of nitrogens with zero attached hydrogens (tertiary/aromatic N) is 7. The lowest BCUT2D eigenvalue weighted by molar-refractivity contribution is -0.151. The second-order valence-corrected chi connectivity index (χ2v) is 10.5. The molecule has 3 atom stereocenters. The number of β-lactam (4-membered cyclic amide) rings is 1. The molecule has 0 spiro atoms. The molecule has 1 fully saturated rings. The van der Waals surface area contributed by atoms with Gasteiger partial charge in [-0.05, 0) is 29.8 Å². The molecule has 34 heavy (non-hydrogen) atoms. The summed E-state index contributed by atoms with van der Waals surface area (Å²) in [6.07, 6.45) is 0. The fourth-order valence-electron chi connectivity index (χ4n) is 3.78. The van der Waals surface area contributed by atoms with Crippen LogP contribution in [0.2, 0.25) is 5.02 Å². The van der Waals surface area contributed by atoms with Crippen LogP contribution in [0.25, 0.3) is 0 Å². The maximum absolute atomic E-state index is 12.9. The molecule has 0 bridgehead atoms. The van der Waals surface area contributed by atoms with Crippen molar-refractivity contribution in [2.24, 2.45) is 13.0 Å². The van der Waals surface area contributed by atoms with Crippen molar-refractivity contribution in [2.75, 3.05) is 11.5 Å².